The third-order valence-electron chi connectivity index (χ3n) is 5.02. The summed E-state index contributed by atoms with van der Waals surface area (Å²) in [6, 6.07) is 15.0. The Kier molecular flexibility index (Phi) is 8.38. The van der Waals surface area contributed by atoms with Crippen LogP contribution in [0.1, 0.15) is 30.8 Å². The number of carbonyl (C=O) groups is 2. The number of hydrogen-bond donors (Lipinski definition) is 2. The van der Waals surface area contributed by atoms with Gasteiger partial charge in [-0.25, -0.2) is 14.8 Å². The average Bonchev–Trinajstić information content (AvgIpc) is 2.80. The summed E-state index contributed by atoms with van der Waals surface area (Å²) in [6.45, 7) is 4.06. The summed E-state index contributed by atoms with van der Waals surface area (Å²) in [4.78, 5) is 33.9. The highest BCUT2D eigenvalue weighted by Crippen LogP contribution is 2.22. The molecule has 32 heavy (non-hydrogen) atoms. The van der Waals surface area contributed by atoms with E-state index in [4.69, 9.17) is 4.74 Å². The van der Waals surface area contributed by atoms with E-state index in [0.29, 0.717) is 18.1 Å². The van der Waals surface area contributed by atoms with Crippen LogP contribution in [0.3, 0.4) is 0 Å². The fourth-order valence-corrected chi connectivity index (χ4v) is 3.81. The van der Waals surface area contributed by atoms with Gasteiger partial charge in [-0.3, -0.25) is 4.79 Å². The van der Waals surface area contributed by atoms with Crippen molar-refractivity contribution in [1.29, 1.82) is 0 Å². The van der Waals surface area contributed by atoms with Crippen molar-refractivity contribution in [2.75, 3.05) is 12.4 Å². The first-order chi connectivity index (χ1) is 15.4. The molecule has 3 aromatic rings. The topological polar surface area (TPSA) is 93.2 Å². The summed E-state index contributed by atoms with van der Waals surface area (Å²) in [5, 5.41) is 6.91. The molecule has 8 heteroatoms. The van der Waals surface area contributed by atoms with Crippen LogP contribution in [0, 0.1) is 5.92 Å². The molecule has 0 radical (unpaired) electrons. The maximum Gasteiger partial charge on any atom is 0.328 e. The number of para-hydroxylation sites is 1. The highest BCUT2D eigenvalue weighted by Gasteiger charge is 2.24. The van der Waals surface area contributed by atoms with E-state index in [1.807, 2.05) is 62.4 Å². The van der Waals surface area contributed by atoms with Crippen LogP contribution in [-0.4, -0.2) is 35.0 Å². The number of nitrogens with one attached hydrogen (secondary N) is 2. The number of esters is 1. The number of alkyl halides is 1. The van der Waals surface area contributed by atoms with Crippen molar-refractivity contribution in [2.45, 2.75) is 37.3 Å². The zero-order valence-corrected chi connectivity index (χ0v) is 20.5. The summed E-state index contributed by atoms with van der Waals surface area (Å²) in [7, 11) is 1.37. The van der Waals surface area contributed by atoms with Gasteiger partial charge in [0.05, 0.1) is 25.6 Å². The Labute approximate surface area is 201 Å². The second-order valence-corrected chi connectivity index (χ2v) is 8.56. The van der Waals surface area contributed by atoms with E-state index in [9.17, 15) is 9.59 Å². The SMILES string of the molecule is COC(=O)[C@@H](Nc1nc(CNC(=O)Cc2cccc(CI)c2)nc2ccccc12)C(C)C. The van der Waals surface area contributed by atoms with Crippen LogP contribution in [0.15, 0.2) is 48.5 Å². The van der Waals surface area contributed by atoms with Gasteiger partial charge in [0.25, 0.3) is 0 Å². The van der Waals surface area contributed by atoms with E-state index in [-0.39, 0.29) is 24.3 Å². The standard InChI is InChI=1S/C24H27IN4O3/c1-15(2)22(24(31)32-3)29-23-18-9-4-5-10-19(18)27-20(28-23)14-26-21(30)12-16-7-6-8-17(11-16)13-25/h4-11,15,22H,12-14H2,1-3H3,(H,26,30)(H,27,28,29)/t22-/m0/s1. The van der Waals surface area contributed by atoms with E-state index in [0.717, 1.165) is 20.9 Å². The molecule has 1 atom stereocenters. The fraction of sp³-hybridized carbons (Fsp3) is 0.333. The van der Waals surface area contributed by atoms with Gasteiger partial charge in [0.2, 0.25) is 5.91 Å². The monoisotopic (exact) mass is 546 g/mol. The summed E-state index contributed by atoms with van der Waals surface area (Å²) in [5.74, 6) is 0.548. The van der Waals surface area contributed by atoms with Crippen LogP contribution < -0.4 is 10.6 Å². The molecule has 0 aliphatic rings. The molecular formula is C24H27IN4O3. The summed E-state index contributed by atoms with van der Waals surface area (Å²) >= 11 is 2.30. The fourth-order valence-electron chi connectivity index (χ4n) is 3.33. The Morgan fingerprint density at radius 2 is 1.81 bits per heavy atom. The molecule has 1 amide bonds. The largest absolute Gasteiger partial charge is 0.467 e. The average molecular weight is 546 g/mol. The van der Waals surface area contributed by atoms with Crippen molar-refractivity contribution in [3.05, 3.63) is 65.5 Å². The number of fused-ring (bicyclic) bond motifs is 1. The summed E-state index contributed by atoms with van der Waals surface area (Å²) < 4.78 is 5.84. The van der Waals surface area contributed by atoms with Crippen LogP contribution in [0.5, 0.6) is 0 Å². The van der Waals surface area contributed by atoms with Crippen LogP contribution in [0.25, 0.3) is 10.9 Å². The number of ether oxygens (including phenoxy) is 1. The highest BCUT2D eigenvalue weighted by atomic mass is 127. The normalized spacial score (nSPS) is 11.9. The smallest absolute Gasteiger partial charge is 0.328 e. The Morgan fingerprint density at radius 1 is 1.06 bits per heavy atom. The van der Waals surface area contributed by atoms with Gasteiger partial charge in [0.1, 0.15) is 11.9 Å². The molecule has 3 rings (SSSR count). The van der Waals surface area contributed by atoms with Gasteiger partial charge in [0.15, 0.2) is 5.82 Å². The quantitative estimate of drug-likeness (QED) is 0.239. The van der Waals surface area contributed by atoms with Gasteiger partial charge in [-0.2, -0.15) is 0 Å². The van der Waals surface area contributed by atoms with E-state index >= 15 is 0 Å². The lowest BCUT2D eigenvalue weighted by Crippen LogP contribution is -2.36. The predicted octanol–water partition coefficient (Wildman–Crippen LogP) is 4.03. The lowest BCUT2D eigenvalue weighted by molar-refractivity contribution is -0.142. The number of hydrogen-bond acceptors (Lipinski definition) is 6. The zero-order chi connectivity index (χ0) is 23.1. The number of carbonyl (C=O) groups excluding carboxylic acids is 2. The van der Waals surface area contributed by atoms with Gasteiger partial charge in [-0.05, 0) is 29.2 Å². The van der Waals surface area contributed by atoms with Crippen molar-refractivity contribution in [2.24, 2.45) is 5.92 Å². The van der Waals surface area contributed by atoms with Gasteiger partial charge in [-0.15, -0.1) is 0 Å². The number of amides is 1. The molecule has 2 N–H and O–H groups in total. The number of halogens is 1. The molecule has 1 heterocycles. The van der Waals surface area contributed by atoms with E-state index in [1.165, 1.54) is 12.7 Å². The van der Waals surface area contributed by atoms with Crippen LogP contribution in [-0.2, 0) is 31.7 Å². The third-order valence-corrected chi connectivity index (χ3v) is 5.90. The summed E-state index contributed by atoms with van der Waals surface area (Å²) in [5.41, 5.74) is 2.89. The second-order valence-electron chi connectivity index (χ2n) is 7.80. The molecule has 0 fully saturated rings. The lowest BCUT2D eigenvalue weighted by Gasteiger charge is -2.21. The number of benzene rings is 2. The number of anilines is 1. The molecular weight excluding hydrogens is 519 g/mol. The third kappa shape index (κ3) is 6.15. The second kappa shape index (κ2) is 11.2. The summed E-state index contributed by atoms with van der Waals surface area (Å²) in [6.07, 6.45) is 0.293. The Morgan fingerprint density at radius 3 is 2.53 bits per heavy atom. The highest BCUT2D eigenvalue weighted by molar-refractivity contribution is 14.1. The van der Waals surface area contributed by atoms with Crippen molar-refractivity contribution in [3.63, 3.8) is 0 Å². The first kappa shape index (κ1) is 23.9. The van der Waals surface area contributed by atoms with E-state index in [2.05, 4.69) is 43.2 Å². The molecule has 7 nitrogen and oxygen atoms in total. The molecule has 0 saturated heterocycles. The lowest BCUT2D eigenvalue weighted by atomic mass is 10.0. The Hall–Kier alpha value is -2.75. The van der Waals surface area contributed by atoms with Gasteiger partial charge < -0.3 is 15.4 Å². The first-order valence-corrected chi connectivity index (χ1v) is 11.9. The van der Waals surface area contributed by atoms with Crippen LogP contribution in [0.2, 0.25) is 0 Å². The minimum atomic E-state index is -0.550. The molecule has 0 aliphatic carbocycles. The first-order valence-electron chi connectivity index (χ1n) is 10.4. The van der Waals surface area contributed by atoms with Crippen molar-refractivity contribution >= 4 is 51.2 Å². The van der Waals surface area contributed by atoms with E-state index < -0.39 is 6.04 Å². The minimum absolute atomic E-state index is 0.00219. The van der Waals surface area contributed by atoms with Crippen molar-refractivity contribution in [1.82, 2.24) is 15.3 Å². The number of nitrogens with zero attached hydrogens (tertiary/aromatic N) is 2. The minimum Gasteiger partial charge on any atom is -0.467 e. The molecule has 2 aromatic carbocycles. The molecule has 0 aliphatic heterocycles. The van der Waals surface area contributed by atoms with Crippen LogP contribution in [0.4, 0.5) is 5.82 Å². The maximum atomic E-state index is 12.5. The number of rotatable bonds is 9. The van der Waals surface area contributed by atoms with Crippen molar-refractivity contribution in [3.8, 4) is 0 Å². The zero-order valence-electron chi connectivity index (χ0n) is 18.4. The van der Waals surface area contributed by atoms with Gasteiger partial charge in [0, 0.05) is 9.81 Å². The number of methoxy groups -OCH3 is 1. The Bertz CT molecular complexity index is 1100. The molecule has 0 spiro atoms. The van der Waals surface area contributed by atoms with Crippen molar-refractivity contribution < 1.29 is 14.3 Å². The molecule has 1 aromatic heterocycles. The maximum absolute atomic E-state index is 12.5. The molecule has 0 saturated carbocycles. The van der Waals surface area contributed by atoms with Gasteiger partial charge >= 0.3 is 5.97 Å². The molecule has 0 bridgehead atoms. The Balaban J connectivity index is 1.78. The molecule has 168 valence electrons. The molecule has 0 unspecified atom stereocenters. The van der Waals surface area contributed by atoms with E-state index in [1.54, 1.807) is 0 Å². The number of aromatic nitrogens is 2. The van der Waals surface area contributed by atoms with Gasteiger partial charge in [-0.1, -0.05) is 72.8 Å². The van der Waals surface area contributed by atoms with Crippen LogP contribution >= 0.6 is 22.6 Å². The predicted molar refractivity (Wildman–Crippen MR) is 134 cm³/mol.